The molecule has 2 rings (SSSR count). The maximum Gasteiger partial charge on any atom is 0.142 e. The van der Waals surface area contributed by atoms with Gasteiger partial charge in [0.15, 0.2) is 0 Å². The Morgan fingerprint density at radius 3 is 2.58 bits per heavy atom. The van der Waals surface area contributed by atoms with Gasteiger partial charge in [-0.05, 0) is 70.5 Å². The summed E-state index contributed by atoms with van der Waals surface area (Å²) < 4.78 is 14.4. The molecule has 19 heavy (non-hydrogen) atoms. The highest BCUT2D eigenvalue weighted by atomic mass is 127. The van der Waals surface area contributed by atoms with Gasteiger partial charge in [-0.1, -0.05) is 29.3 Å². The van der Waals surface area contributed by atoms with Gasteiger partial charge in [-0.15, -0.1) is 0 Å². The zero-order valence-electron chi connectivity index (χ0n) is 9.84. The number of nitrogens with two attached hydrogens (primary N) is 1. The van der Waals surface area contributed by atoms with Crippen LogP contribution in [0, 0.1) is 9.39 Å². The van der Waals surface area contributed by atoms with Gasteiger partial charge in [0.05, 0.1) is 5.02 Å². The SMILES string of the molecule is NC(Cc1ccc(Cl)c(F)c1)c1cc(Cl)ccc1I. The Morgan fingerprint density at radius 1 is 1.16 bits per heavy atom. The first-order valence-electron chi connectivity index (χ1n) is 5.62. The van der Waals surface area contributed by atoms with Gasteiger partial charge in [-0.2, -0.15) is 0 Å². The Kier molecular flexibility index (Phi) is 5.06. The second kappa shape index (κ2) is 6.39. The van der Waals surface area contributed by atoms with Crippen molar-refractivity contribution in [2.24, 2.45) is 5.73 Å². The average molecular weight is 410 g/mol. The molecule has 5 heteroatoms. The van der Waals surface area contributed by atoms with Gasteiger partial charge in [-0.3, -0.25) is 0 Å². The van der Waals surface area contributed by atoms with Crippen LogP contribution in [0.2, 0.25) is 10.0 Å². The maximum absolute atomic E-state index is 13.4. The summed E-state index contributed by atoms with van der Waals surface area (Å²) in [6.07, 6.45) is 0.532. The molecule has 0 amide bonds. The van der Waals surface area contributed by atoms with Crippen molar-refractivity contribution in [3.05, 3.63) is 67.0 Å². The molecule has 0 saturated carbocycles. The fraction of sp³-hybridized carbons (Fsp3) is 0.143. The van der Waals surface area contributed by atoms with Gasteiger partial charge in [0.25, 0.3) is 0 Å². The van der Waals surface area contributed by atoms with E-state index >= 15 is 0 Å². The van der Waals surface area contributed by atoms with Crippen molar-refractivity contribution in [1.29, 1.82) is 0 Å². The molecule has 100 valence electrons. The standard InChI is InChI=1S/C14H11Cl2FIN/c15-9-2-4-13(18)10(7-9)14(19)6-8-1-3-11(16)12(17)5-8/h1-5,7,14H,6,19H2. The maximum atomic E-state index is 13.4. The monoisotopic (exact) mass is 409 g/mol. The van der Waals surface area contributed by atoms with Crippen molar-refractivity contribution in [1.82, 2.24) is 0 Å². The van der Waals surface area contributed by atoms with E-state index in [0.717, 1.165) is 14.7 Å². The lowest BCUT2D eigenvalue weighted by molar-refractivity contribution is 0.622. The van der Waals surface area contributed by atoms with Crippen LogP contribution >= 0.6 is 45.8 Å². The summed E-state index contributed by atoms with van der Waals surface area (Å²) >= 11 is 13.8. The molecular weight excluding hydrogens is 399 g/mol. The summed E-state index contributed by atoms with van der Waals surface area (Å²) in [5.41, 5.74) is 7.94. The number of hydrogen-bond acceptors (Lipinski definition) is 1. The molecule has 2 aromatic rings. The van der Waals surface area contributed by atoms with Gasteiger partial charge in [0.1, 0.15) is 5.82 Å². The van der Waals surface area contributed by atoms with Crippen LogP contribution in [-0.4, -0.2) is 0 Å². The van der Waals surface area contributed by atoms with Crippen molar-refractivity contribution in [2.75, 3.05) is 0 Å². The molecule has 1 unspecified atom stereocenters. The van der Waals surface area contributed by atoms with Crippen LogP contribution in [0.4, 0.5) is 4.39 Å². The molecule has 0 saturated heterocycles. The zero-order valence-corrected chi connectivity index (χ0v) is 13.5. The summed E-state index contributed by atoms with van der Waals surface area (Å²) in [5.74, 6) is -0.424. The van der Waals surface area contributed by atoms with Gasteiger partial charge in [-0.25, -0.2) is 4.39 Å². The number of hydrogen-bond donors (Lipinski definition) is 1. The third-order valence-electron chi connectivity index (χ3n) is 2.80. The molecule has 0 spiro atoms. The molecule has 2 N–H and O–H groups in total. The molecule has 0 aliphatic heterocycles. The number of rotatable bonds is 3. The molecule has 0 aromatic heterocycles. The molecule has 0 aliphatic carbocycles. The van der Waals surface area contributed by atoms with E-state index in [0.29, 0.717) is 11.4 Å². The minimum absolute atomic E-state index is 0.120. The molecule has 1 nitrogen and oxygen atoms in total. The van der Waals surface area contributed by atoms with Crippen LogP contribution in [0.3, 0.4) is 0 Å². The largest absolute Gasteiger partial charge is 0.324 e. The Balaban J connectivity index is 2.22. The highest BCUT2D eigenvalue weighted by molar-refractivity contribution is 14.1. The van der Waals surface area contributed by atoms with Gasteiger partial charge in [0, 0.05) is 14.6 Å². The predicted octanol–water partition coefficient (Wildman–Crippen LogP) is 4.98. The third-order valence-corrected chi connectivity index (χ3v) is 4.32. The normalized spacial score (nSPS) is 12.5. The minimum Gasteiger partial charge on any atom is -0.324 e. The summed E-state index contributed by atoms with van der Waals surface area (Å²) in [6, 6.07) is 10.1. The number of halogens is 4. The van der Waals surface area contributed by atoms with Crippen molar-refractivity contribution in [3.8, 4) is 0 Å². The first kappa shape index (κ1) is 15.0. The lowest BCUT2D eigenvalue weighted by atomic mass is 10.00. The van der Waals surface area contributed by atoms with Crippen LogP contribution in [0.15, 0.2) is 36.4 Å². The van der Waals surface area contributed by atoms with Crippen LogP contribution in [0.5, 0.6) is 0 Å². The zero-order chi connectivity index (χ0) is 14.0. The molecule has 0 fully saturated rings. The van der Waals surface area contributed by atoms with E-state index in [1.807, 2.05) is 18.2 Å². The highest BCUT2D eigenvalue weighted by Gasteiger charge is 2.12. The van der Waals surface area contributed by atoms with Crippen LogP contribution in [0.1, 0.15) is 17.2 Å². The smallest absolute Gasteiger partial charge is 0.142 e. The average Bonchev–Trinajstić information content (AvgIpc) is 2.36. The Morgan fingerprint density at radius 2 is 1.89 bits per heavy atom. The molecule has 0 aliphatic rings. The first-order valence-corrected chi connectivity index (χ1v) is 7.45. The van der Waals surface area contributed by atoms with E-state index in [1.54, 1.807) is 12.1 Å². The summed E-state index contributed by atoms with van der Waals surface area (Å²) in [5, 5.41) is 0.766. The quantitative estimate of drug-likeness (QED) is 0.711. The molecule has 0 radical (unpaired) electrons. The fourth-order valence-electron chi connectivity index (χ4n) is 1.83. The van der Waals surface area contributed by atoms with Crippen molar-refractivity contribution >= 4 is 45.8 Å². The Hall–Kier alpha value is -0.360. The second-order valence-electron chi connectivity index (χ2n) is 4.22. The molecule has 0 heterocycles. The van der Waals surface area contributed by atoms with Gasteiger partial charge in [0.2, 0.25) is 0 Å². The second-order valence-corrected chi connectivity index (χ2v) is 6.23. The fourth-order valence-corrected chi connectivity index (χ4v) is 2.86. The highest BCUT2D eigenvalue weighted by Crippen LogP contribution is 2.26. The lowest BCUT2D eigenvalue weighted by Crippen LogP contribution is -2.14. The molecule has 1 atom stereocenters. The van der Waals surface area contributed by atoms with E-state index in [2.05, 4.69) is 22.6 Å². The summed E-state index contributed by atoms with van der Waals surface area (Å²) in [4.78, 5) is 0. The topological polar surface area (TPSA) is 26.0 Å². The van der Waals surface area contributed by atoms with Crippen LogP contribution in [-0.2, 0) is 6.42 Å². The van der Waals surface area contributed by atoms with Crippen molar-refractivity contribution in [2.45, 2.75) is 12.5 Å². The first-order chi connectivity index (χ1) is 8.97. The van der Waals surface area contributed by atoms with Gasteiger partial charge < -0.3 is 5.73 Å². The van der Waals surface area contributed by atoms with Crippen LogP contribution < -0.4 is 5.73 Å². The van der Waals surface area contributed by atoms with Crippen LogP contribution in [0.25, 0.3) is 0 Å². The minimum atomic E-state index is -0.424. The lowest BCUT2D eigenvalue weighted by Gasteiger charge is -2.14. The van der Waals surface area contributed by atoms with E-state index in [1.165, 1.54) is 6.07 Å². The van der Waals surface area contributed by atoms with Crippen molar-refractivity contribution < 1.29 is 4.39 Å². The van der Waals surface area contributed by atoms with E-state index in [4.69, 9.17) is 28.9 Å². The third kappa shape index (κ3) is 3.81. The molecule has 0 bridgehead atoms. The van der Waals surface area contributed by atoms with Crippen molar-refractivity contribution in [3.63, 3.8) is 0 Å². The molecular formula is C14H11Cl2FIN. The van der Waals surface area contributed by atoms with E-state index in [-0.39, 0.29) is 11.1 Å². The Labute approximate surface area is 135 Å². The summed E-state index contributed by atoms with van der Waals surface area (Å²) in [7, 11) is 0. The van der Waals surface area contributed by atoms with E-state index in [9.17, 15) is 4.39 Å². The number of benzene rings is 2. The van der Waals surface area contributed by atoms with Gasteiger partial charge >= 0.3 is 0 Å². The summed E-state index contributed by atoms with van der Waals surface area (Å²) in [6.45, 7) is 0. The predicted molar refractivity (Wildman–Crippen MR) is 86.2 cm³/mol. The van der Waals surface area contributed by atoms with E-state index < -0.39 is 5.82 Å². The Bertz CT molecular complexity index is 604. The molecule has 2 aromatic carbocycles.